The summed E-state index contributed by atoms with van der Waals surface area (Å²) in [4.78, 5) is 35.8. The van der Waals surface area contributed by atoms with Gasteiger partial charge < -0.3 is 19.5 Å². The molecule has 0 saturated carbocycles. The minimum Gasteiger partial charge on any atom is -0.458 e. The first-order chi connectivity index (χ1) is 15.0. The van der Waals surface area contributed by atoms with E-state index in [2.05, 4.69) is 15.2 Å². The molecule has 0 aromatic heterocycles. The largest absolute Gasteiger partial charge is 0.458 e. The molecular formula is C23H31N2O6P. The van der Waals surface area contributed by atoms with E-state index in [-0.39, 0.29) is 6.42 Å². The molecule has 0 fully saturated rings. The van der Waals surface area contributed by atoms with Gasteiger partial charge in [0.25, 0.3) is 0 Å². The second-order valence-corrected chi connectivity index (χ2v) is 10.3. The molecule has 3 atom stereocenters. The molecule has 1 amide bonds. The molecule has 174 valence electrons. The molecule has 0 aliphatic heterocycles. The van der Waals surface area contributed by atoms with Crippen molar-refractivity contribution in [3.05, 3.63) is 71.8 Å². The zero-order valence-electron chi connectivity index (χ0n) is 18.8. The van der Waals surface area contributed by atoms with Gasteiger partial charge in [0.2, 0.25) is 5.91 Å². The first-order valence-electron chi connectivity index (χ1n) is 10.2. The summed E-state index contributed by atoms with van der Waals surface area (Å²) in [5, 5.41) is 5.53. The van der Waals surface area contributed by atoms with Crippen LogP contribution in [0.25, 0.3) is 0 Å². The van der Waals surface area contributed by atoms with Crippen molar-refractivity contribution in [1.29, 1.82) is 0 Å². The van der Waals surface area contributed by atoms with Crippen LogP contribution in [0.15, 0.2) is 60.7 Å². The fraction of sp³-hybridized carbons (Fsp3) is 0.391. The zero-order valence-corrected chi connectivity index (χ0v) is 19.7. The molecule has 3 N–H and O–H groups in total. The van der Waals surface area contributed by atoms with Gasteiger partial charge in [-0.05, 0) is 31.9 Å². The second kappa shape index (κ2) is 11.4. The van der Waals surface area contributed by atoms with Crippen LogP contribution in [0, 0.1) is 0 Å². The third-order valence-electron chi connectivity index (χ3n) is 4.47. The lowest BCUT2D eigenvalue weighted by atomic mass is 10.0. The number of benzene rings is 2. The third-order valence-corrected chi connectivity index (χ3v) is 5.62. The molecule has 9 heteroatoms. The van der Waals surface area contributed by atoms with E-state index in [1.54, 1.807) is 51.1 Å². The SMILES string of the molecule is COP(=O)(O)CN[C@@H](C(=O)N[C@@H](Cc1ccccc1)C(=O)OC(C)(C)C)c1ccccc1. The number of rotatable bonds is 10. The van der Waals surface area contributed by atoms with Gasteiger partial charge in [-0.15, -0.1) is 0 Å². The van der Waals surface area contributed by atoms with Crippen LogP contribution >= 0.6 is 7.60 Å². The average Bonchev–Trinajstić information content (AvgIpc) is 2.73. The highest BCUT2D eigenvalue weighted by molar-refractivity contribution is 7.52. The Morgan fingerprint density at radius 1 is 1.03 bits per heavy atom. The Labute approximate surface area is 188 Å². The monoisotopic (exact) mass is 462 g/mol. The summed E-state index contributed by atoms with van der Waals surface area (Å²) in [5.74, 6) is -1.09. The van der Waals surface area contributed by atoms with Crippen LogP contribution in [0.1, 0.15) is 37.9 Å². The molecule has 0 bridgehead atoms. The highest BCUT2D eigenvalue weighted by Gasteiger charge is 2.31. The Hall–Kier alpha value is -2.51. The van der Waals surface area contributed by atoms with Gasteiger partial charge in [-0.3, -0.25) is 14.7 Å². The summed E-state index contributed by atoms with van der Waals surface area (Å²) in [6.07, 6.45) is -0.203. The van der Waals surface area contributed by atoms with Gasteiger partial charge in [0.05, 0.1) is 6.29 Å². The summed E-state index contributed by atoms with van der Waals surface area (Å²) < 4.78 is 22.0. The van der Waals surface area contributed by atoms with Crippen LogP contribution in [-0.2, 0) is 29.8 Å². The van der Waals surface area contributed by atoms with Crippen LogP contribution in [0.2, 0.25) is 0 Å². The van der Waals surface area contributed by atoms with Crippen molar-refractivity contribution in [2.45, 2.75) is 44.9 Å². The highest BCUT2D eigenvalue weighted by atomic mass is 31.2. The number of esters is 1. The Morgan fingerprint density at radius 3 is 2.12 bits per heavy atom. The van der Waals surface area contributed by atoms with Crippen LogP contribution < -0.4 is 10.6 Å². The number of nitrogens with one attached hydrogen (secondary N) is 2. The standard InChI is InChI=1S/C23H31N2O6P/c1-23(2,3)31-22(27)19(15-17-11-7-5-8-12-17)25-21(26)20(18-13-9-6-10-14-18)24-16-32(28,29)30-4/h5-14,19-20,24H,15-16H2,1-4H3,(H,25,26)(H,28,29)/t19-,20+/m0/s1. The molecule has 2 rings (SSSR count). The third kappa shape index (κ3) is 8.55. The van der Waals surface area contributed by atoms with E-state index >= 15 is 0 Å². The molecule has 0 radical (unpaired) electrons. The van der Waals surface area contributed by atoms with E-state index in [0.717, 1.165) is 12.7 Å². The number of carbonyl (C=O) groups excluding carboxylic acids is 2. The molecule has 2 aromatic rings. The summed E-state index contributed by atoms with van der Waals surface area (Å²) in [5.41, 5.74) is 0.700. The number of ether oxygens (including phenoxy) is 1. The molecule has 0 aliphatic rings. The van der Waals surface area contributed by atoms with Crippen molar-refractivity contribution in [1.82, 2.24) is 10.6 Å². The van der Waals surface area contributed by atoms with Crippen LogP contribution in [0.4, 0.5) is 0 Å². The maximum atomic E-state index is 13.2. The first-order valence-corrected chi connectivity index (χ1v) is 12.0. The number of hydrogen-bond donors (Lipinski definition) is 3. The van der Waals surface area contributed by atoms with E-state index in [4.69, 9.17) is 4.74 Å². The fourth-order valence-corrected chi connectivity index (χ4v) is 3.49. The van der Waals surface area contributed by atoms with Gasteiger partial charge in [0, 0.05) is 13.5 Å². The topological polar surface area (TPSA) is 114 Å². The molecule has 0 saturated heterocycles. The molecule has 0 aliphatic carbocycles. The predicted molar refractivity (Wildman–Crippen MR) is 122 cm³/mol. The van der Waals surface area contributed by atoms with Crippen LogP contribution in [-0.4, -0.2) is 41.8 Å². The van der Waals surface area contributed by atoms with Gasteiger partial charge in [-0.1, -0.05) is 60.7 Å². The van der Waals surface area contributed by atoms with Crippen LogP contribution in [0.5, 0.6) is 0 Å². The second-order valence-electron chi connectivity index (χ2n) is 8.31. The van der Waals surface area contributed by atoms with Crippen molar-refractivity contribution < 1.29 is 28.3 Å². The Kier molecular flexibility index (Phi) is 9.16. The Morgan fingerprint density at radius 2 is 1.59 bits per heavy atom. The smallest absolute Gasteiger partial charge is 0.341 e. The summed E-state index contributed by atoms with van der Waals surface area (Å²) in [7, 11) is -2.78. The lowest BCUT2D eigenvalue weighted by Crippen LogP contribution is -2.49. The lowest BCUT2D eigenvalue weighted by Gasteiger charge is -2.27. The summed E-state index contributed by atoms with van der Waals surface area (Å²) in [6, 6.07) is 16.1. The van der Waals surface area contributed by atoms with Crippen molar-refractivity contribution >= 4 is 19.5 Å². The minimum atomic E-state index is -3.91. The normalized spacial score (nSPS) is 15.3. The van der Waals surface area contributed by atoms with Crippen molar-refractivity contribution in [2.24, 2.45) is 0 Å². The lowest BCUT2D eigenvalue weighted by molar-refractivity contribution is -0.158. The van der Waals surface area contributed by atoms with Gasteiger partial charge >= 0.3 is 13.6 Å². The number of carbonyl (C=O) groups is 2. The molecule has 8 nitrogen and oxygen atoms in total. The molecular weight excluding hydrogens is 431 g/mol. The van der Waals surface area contributed by atoms with Crippen LogP contribution in [0.3, 0.4) is 0 Å². The van der Waals surface area contributed by atoms with E-state index in [1.807, 2.05) is 30.3 Å². The molecule has 0 spiro atoms. The van der Waals surface area contributed by atoms with E-state index in [9.17, 15) is 19.0 Å². The maximum Gasteiger partial charge on any atom is 0.341 e. The summed E-state index contributed by atoms with van der Waals surface area (Å²) in [6.45, 7) is 5.26. The zero-order chi connectivity index (χ0) is 23.8. The highest BCUT2D eigenvalue weighted by Crippen LogP contribution is 2.39. The van der Waals surface area contributed by atoms with E-state index < -0.39 is 43.4 Å². The first kappa shape index (κ1) is 25.7. The quantitative estimate of drug-likeness (QED) is 0.367. The minimum absolute atomic E-state index is 0.236. The number of amides is 1. The fourth-order valence-electron chi connectivity index (χ4n) is 2.95. The van der Waals surface area contributed by atoms with E-state index in [0.29, 0.717) is 5.56 Å². The molecule has 2 aromatic carbocycles. The van der Waals surface area contributed by atoms with Crippen molar-refractivity contribution in [2.75, 3.05) is 13.4 Å². The summed E-state index contributed by atoms with van der Waals surface area (Å²) >= 11 is 0. The average molecular weight is 462 g/mol. The van der Waals surface area contributed by atoms with Gasteiger partial charge in [-0.25, -0.2) is 4.79 Å². The van der Waals surface area contributed by atoms with Crippen molar-refractivity contribution in [3.63, 3.8) is 0 Å². The molecule has 32 heavy (non-hydrogen) atoms. The maximum absolute atomic E-state index is 13.2. The molecule has 0 heterocycles. The Balaban J connectivity index is 2.27. The van der Waals surface area contributed by atoms with Gasteiger partial charge in [0.15, 0.2) is 0 Å². The van der Waals surface area contributed by atoms with Gasteiger partial charge in [-0.2, -0.15) is 0 Å². The predicted octanol–water partition coefficient (Wildman–Crippen LogP) is 3.18. The Bertz CT molecular complexity index is 931. The van der Waals surface area contributed by atoms with E-state index in [1.165, 1.54) is 0 Å². The van der Waals surface area contributed by atoms with Crippen molar-refractivity contribution in [3.8, 4) is 0 Å². The van der Waals surface area contributed by atoms with Gasteiger partial charge in [0.1, 0.15) is 17.7 Å². The number of hydrogen-bond acceptors (Lipinski definition) is 6. The molecule has 1 unspecified atom stereocenters.